The highest BCUT2D eigenvalue weighted by atomic mass is 79.9. The van der Waals surface area contributed by atoms with Gasteiger partial charge in [0, 0.05) is 10.9 Å². The summed E-state index contributed by atoms with van der Waals surface area (Å²) in [4.78, 5) is 22.3. The van der Waals surface area contributed by atoms with Gasteiger partial charge in [-0.3, -0.25) is 4.79 Å². The summed E-state index contributed by atoms with van der Waals surface area (Å²) < 4.78 is 0.564. The van der Waals surface area contributed by atoms with Crippen LogP contribution in [0, 0.1) is 5.92 Å². The molecule has 0 radical (unpaired) electrons. The first-order chi connectivity index (χ1) is 7.90. The van der Waals surface area contributed by atoms with Crippen LogP contribution < -0.4 is 5.32 Å². The van der Waals surface area contributed by atoms with E-state index < -0.39 is 5.97 Å². The summed E-state index contributed by atoms with van der Waals surface area (Å²) in [7, 11) is 0. The molecule has 0 unspecified atom stereocenters. The zero-order valence-electron chi connectivity index (χ0n) is 9.66. The fourth-order valence-electron chi connectivity index (χ4n) is 1.32. The normalized spacial score (nSPS) is 10.4. The average Bonchev–Trinajstić information content (AvgIpc) is 2.19. The number of benzene rings is 1. The lowest BCUT2D eigenvalue weighted by Crippen LogP contribution is -2.14. The molecule has 0 saturated carbocycles. The number of carboxylic acid groups (broad SMARTS) is 1. The number of hydrogen-bond acceptors (Lipinski definition) is 2. The summed E-state index contributed by atoms with van der Waals surface area (Å²) in [5.41, 5.74) is 0.763. The first-order valence-corrected chi connectivity index (χ1v) is 6.02. The number of amides is 1. The molecule has 0 bridgehead atoms. The van der Waals surface area contributed by atoms with E-state index in [1.54, 1.807) is 6.07 Å². The van der Waals surface area contributed by atoms with E-state index in [1.807, 2.05) is 13.8 Å². The largest absolute Gasteiger partial charge is 0.478 e. The SMILES string of the molecule is CC(C)CC(=O)Nc1ccc(C(=O)O)cc1Br. The lowest BCUT2D eigenvalue weighted by Gasteiger charge is -2.09. The Morgan fingerprint density at radius 3 is 2.53 bits per heavy atom. The number of carbonyl (C=O) groups excluding carboxylic acids is 1. The second-order valence-corrected chi connectivity index (χ2v) is 5.00. The highest BCUT2D eigenvalue weighted by Crippen LogP contribution is 2.24. The standard InChI is InChI=1S/C12H14BrNO3/c1-7(2)5-11(15)14-10-4-3-8(12(16)17)6-9(10)13/h3-4,6-7H,5H2,1-2H3,(H,14,15)(H,16,17). The summed E-state index contributed by atoms with van der Waals surface area (Å²) in [5.74, 6) is -0.790. The minimum absolute atomic E-state index is 0.0798. The van der Waals surface area contributed by atoms with Crippen LogP contribution in [-0.2, 0) is 4.79 Å². The van der Waals surface area contributed by atoms with Crippen molar-refractivity contribution in [1.82, 2.24) is 0 Å². The van der Waals surface area contributed by atoms with Gasteiger partial charge in [0.25, 0.3) is 0 Å². The van der Waals surface area contributed by atoms with Crippen molar-refractivity contribution in [3.8, 4) is 0 Å². The summed E-state index contributed by atoms with van der Waals surface area (Å²) in [6, 6.07) is 4.50. The minimum atomic E-state index is -0.995. The van der Waals surface area contributed by atoms with Crippen molar-refractivity contribution < 1.29 is 14.7 Å². The maximum Gasteiger partial charge on any atom is 0.335 e. The highest BCUT2D eigenvalue weighted by molar-refractivity contribution is 9.10. The molecule has 0 saturated heterocycles. The maximum atomic E-state index is 11.5. The van der Waals surface area contributed by atoms with E-state index in [2.05, 4.69) is 21.2 Å². The van der Waals surface area contributed by atoms with Gasteiger partial charge in [-0.25, -0.2) is 4.79 Å². The van der Waals surface area contributed by atoms with Crippen LogP contribution in [0.15, 0.2) is 22.7 Å². The molecule has 0 aliphatic carbocycles. The Labute approximate surface area is 108 Å². The van der Waals surface area contributed by atoms with Crippen LogP contribution in [0.4, 0.5) is 5.69 Å². The molecular weight excluding hydrogens is 286 g/mol. The zero-order valence-corrected chi connectivity index (χ0v) is 11.2. The van der Waals surface area contributed by atoms with Crippen molar-refractivity contribution in [3.63, 3.8) is 0 Å². The summed E-state index contributed by atoms with van der Waals surface area (Å²) in [5, 5.41) is 11.5. The van der Waals surface area contributed by atoms with Gasteiger partial charge < -0.3 is 10.4 Å². The van der Waals surface area contributed by atoms with E-state index in [1.165, 1.54) is 12.1 Å². The lowest BCUT2D eigenvalue weighted by atomic mass is 10.1. The molecule has 0 atom stereocenters. The molecule has 0 aliphatic rings. The van der Waals surface area contributed by atoms with Crippen LogP contribution in [0.5, 0.6) is 0 Å². The number of carbonyl (C=O) groups is 2. The molecule has 92 valence electrons. The summed E-state index contributed by atoms with van der Waals surface area (Å²) >= 11 is 3.23. The number of carboxylic acids is 1. The Morgan fingerprint density at radius 2 is 2.06 bits per heavy atom. The van der Waals surface area contributed by atoms with Crippen molar-refractivity contribution in [2.75, 3.05) is 5.32 Å². The quantitative estimate of drug-likeness (QED) is 0.897. The Balaban J connectivity index is 2.79. The molecule has 1 aromatic rings. The van der Waals surface area contributed by atoms with Gasteiger partial charge in [-0.05, 0) is 40.0 Å². The second kappa shape index (κ2) is 5.82. The second-order valence-electron chi connectivity index (χ2n) is 4.15. The van der Waals surface area contributed by atoms with Crippen LogP contribution in [0.3, 0.4) is 0 Å². The minimum Gasteiger partial charge on any atom is -0.478 e. The lowest BCUT2D eigenvalue weighted by molar-refractivity contribution is -0.116. The van der Waals surface area contributed by atoms with Gasteiger partial charge in [0.15, 0.2) is 0 Å². The van der Waals surface area contributed by atoms with Gasteiger partial charge in [-0.15, -0.1) is 0 Å². The molecule has 4 nitrogen and oxygen atoms in total. The van der Waals surface area contributed by atoms with E-state index in [0.29, 0.717) is 16.6 Å². The van der Waals surface area contributed by atoms with Crippen molar-refractivity contribution in [2.24, 2.45) is 5.92 Å². The molecule has 17 heavy (non-hydrogen) atoms. The van der Waals surface area contributed by atoms with Crippen molar-refractivity contribution >= 4 is 33.5 Å². The number of hydrogen-bond donors (Lipinski definition) is 2. The summed E-state index contributed by atoms with van der Waals surface area (Å²) in [6.45, 7) is 3.92. The third-order valence-corrected chi connectivity index (χ3v) is 2.74. The van der Waals surface area contributed by atoms with E-state index >= 15 is 0 Å². The maximum absolute atomic E-state index is 11.5. The predicted octanol–water partition coefficient (Wildman–Crippen LogP) is 3.13. The molecule has 5 heteroatoms. The van der Waals surface area contributed by atoms with E-state index in [0.717, 1.165) is 0 Å². The van der Waals surface area contributed by atoms with Crippen molar-refractivity contribution in [1.29, 1.82) is 0 Å². The first-order valence-electron chi connectivity index (χ1n) is 5.23. The van der Waals surface area contributed by atoms with Gasteiger partial charge in [-0.1, -0.05) is 13.8 Å². The predicted molar refractivity (Wildman–Crippen MR) is 69.2 cm³/mol. The molecule has 1 amide bonds. The van der Waals surface area contributed by atoms with E-state index in [9.17, 15) is 9.59 Å². The van der Waals surface area contributed by atoms with Gasteiger partial charge in [0.1, 0.15) is 0 Å². The smallest absolute Gasteiger partial charge is 0.335 e. The van der Waals surface area contributed by atoms with Crippen LogP contribution >= 0.6 is 15.9 Å². The molecule has 0 heterocycles. The van der Waals surface area contributed by atoms with Crippen molar-refractivity contribution in [3.05, 3.63) is 28.2 Å². The average molecular weight is 300 g/mol. The third kappa shape index (κ3) is 4.19. The molecule has 0 aromatic heterocycles. The fourth-order valence-corrected chi connectivity index (χ4v) is 1.80. The van der Waals surface area contributed by atoms with Gasteiger partial charge in [0.05, 0.1) is 11.3 Å². The molecule has 2 N–H and O–H groups in total. The van der Waals surface area contributed by atoms with Crippen molar-refractivity contribution in [2.45, 2.75) is 20.3 Å². The Bertz CT molecular complexity index is 443. The molecule has 0 spiro atoms. The van der Waals surface area contributed by atoms with Crippen LogP contribution in [0.2, 0.25) is 0 Å². The topological polar surface area (TPSA) is 66.4 Å². The summed E-state index contributed by atoms with van der Waals surface area (Å²) in [6.07, 6.45) is 0.438. The van der Waals surface area contributed by atoms with Crippen LogP contribution in [-0.4, -0.2) is 17.0 Å². The van der Waals surface area contributed by atoms with Crippen LogP contribution in [0.1, 0.15) is 30.6 Å². The van der Waals surface area contributed by atoms with E-state index in [4.69, 9.17) is 5.11 Å². The molecule has 0 aliphatic heterocycles. The Hall–Kier alpha value is -1.36. The molecule has 1 aromatic carbocycles. The Morgan fingerprint density at radius 1 is 1.41 bits per heavy atom. The number of nitrogens with one attached hydrogen (secondary N) is 1. The number of halogens is 1. The first kappa shape index (κ1) is 13.7. The van der Waals surface area contributed by atoms with Gasteiger partial charge >= 0.3 is 5.97 Å². The van der Waals surface area contributed by atoms with Gasteiger partial charge in [-0.2, -0.15) is 0 Å². The molecular formula is C12H14BrNO3. The monoisotopic (exact) mass is 299 g/mol. The third-order valence-electron chi connectivity index (χ3n) is 2.08. The molecule has 0 fully saturated rings. The van der Waals surface area contributed by atoms with Gasteiger partial charge in [0.2, 0.25) is 5.91 Å². The highest BCUT2D eigenvalue weighted by Gasteiger charge is 2.10. The zero-order chi connectivity index (χ0) is 13.0. The Kier molecular flexibility index (Phi) is 4.69. The number of rotatable bonds is 4. The molecule has 1 rings (SSSR count). The number of aromatic carboxylic acids is 1. The fraction of sp³-hybridized carbons (Fsp3) is 0.333. The van der Waals surface area contributed by atoms with Crippen LogP contribution in [0.25, 0.3) is 0 Å². The van der Waals surface area contributed by atoms with E-state index in [-0.39, 0.29) is 17.4 Å². The number of anilines is 1.